The van der Waals surface area contributed by atoms with E-state index < -0.39 is 7.82 Å². The van der Waals surface area contributed by atoms with Crippen molar-refractivity contribution < 1.29 is 46.6 Å². The average Bonchev–Trinajstić information content (AvgIpc) is 0.767. The Morgan fingerprint density at radius 1 is 0.348 bits per heavy atom. The third-order valence-electron chi connectivity index (χ3n) is 19.7. The summed E-state index contributed by atoms with van der Waals surface area (Å²) in [5.41, 5.74) is 18.4. The van der Waals surface area contributed by atoms with Crippen LogP contribution in [0.3, 0.4) is 0 Å². The summed E-state index contributed by atoms with van der Waals surface area (Å²) in [7, 11) is 6.38. The Labute approximate surface area is 533 Å². The van der Waals surface area contributed by atoms with Crippen molar-refractivity contribution in [1.29, 1.82) is 0 Å². The second-order valence-electron chi connectivity index (χ2n) is 29.0. The van der Waals surface area contributed by atoms with Gasteiger partial charge in [0.2, 0.25) is 0 Å². The van der Waals surface area contributed by atoms with Crippen LogP contribution in [0.15, 0.2) is 91.0 Å². The molecule has 0 spiro atoms. The highest BCUT2D eigenvalue weighted by atomic mass is 31.2. The second kappa shape index (κ2) is 25.6. The Balaban J connectivity index is 0.963. The molecule has 0 aliphatic heterocycles. The largest absolute Gasteiger partial charge is 0.496 e. The molecule has 0 fully saturated rings. The molecule has 0 amide bonds. The number of methoxy groups -OCH3 is 6. The number of fused-ring (bicyclic) bond motifs is 3. The smallest absolute Gasteiger partial charge is 0.475 e. The average molecular weight is 1230 g/mol. The maximum atomic E-state index is 15.0. The number of benzene rings is 6. The van der Waals surface area contributed by atoms with Gasteiger partial charge >= 0.3 is 7.82 Å². The summed E-state index contributed by atoms with van der Waals surface area (Å²) in [6, 6.07) is 30.5. The molecule has 6 aromatic carbocycles. The van der Waals surface area contributed by atoms with Crippen molar-refractivity contribution in [3.05, 3.63) is 174 Å². The third-order valence-corrected chi connectivity index (χ3v) is 21.1. The Morgan fingerprint density at radius 2 is 0.562 bits per heavy atom. The van der Waals surface area contributed by atoms with Crippen LogP contribution in [-0.2, 0) is 70.4 Å². The summed E-state index contributed by atoms with van der Waals surface area (Å²) in [6.07, 6.45) is 12.8. The van der Waals surface area contributed by atoms with Crippen LogP contribution in [0.25, 0.3) is 34.9 Å². The van der Waals surface area contributed by atoms with E-state index in [1.807, 2.05) is 72.8 Å². The molecule has 0 aromatic heterocycles. The Hall–Kier alpha value is -6.55. The van der Waals surface area contributed by atoms with Crippen LogP contribution in [0.4, 0.5) is 0 Å². The molecule has 10 nitrogen and oxygen atoms in total. The minimum Gasteiger partial charge on any atom is -0.496 e. The maximum absolute atomic E-state index is 15.0. The van der Waals surface area contributed by atoms with Crippen molar-refractivity contribution >= 4 is 42.8 Å². The Bertz CT molecular complexity index is 3350. The van der Waals surface area contributed by atoms with Crippen molar-refractivity contribution in [2.75, 3.05) is 42.7 Å². The SMILES string of the molecule is COc1cc(/C(C)=C/c2ccc(COP(=O)(OCc3ccc(/C=C(\C)c4cc(OC)c5c(c4OC)C(C)(C)CCC5(C)C)cc3)OCc3ccc(/C=C(\C)c4cc(OC)c5c(c4OC)C(C)(C)CCC5(C)C)cc3)cc2)c(OC)c2c1C(C)(C)CCC2(C)C. The second-order valence-corrected chi connectivity index (χ2v) is 30.7. The summed E-state index contributed by atoms with van der Waals surface area (Å²) in [5.74, 6) is 5.35. The predicted molar refractivity (Wildman–Crippen MR) is 366 cm³/mol. The molecule has 476 valence electrons. The summed E-state index contributed by atoms with van der Waals surface area (Å²) >= 11 is 0. The zero-order chi connectivity index (χ0) is 64.8. The minimum atomic E-state index is -4.19. The molecule has 0 saturated carbocycles. The fourth-order valence-corrected chi connectivity index (χ4v) is 15.3. The Kier molecular flexibility index (Phi) is 19.2. The van der Waals surface area contributed by atoms with Gasteiger partial charge in [-0.05, 0) is 160 Å². The van der Waals surface area contributed by atoms with E-state index in [2.05, 4.69) is 140 Å². The molecule has 6 aromatic rings. The number of phosphoric ester groups is 1. The summed E-state index contributed by atoms with van der Waals surface area (Å²) in [4.78, 5) is 0. The van der Waals surface area contributed by atoms with Gasteiger partial charge < -0.3 is 28.4 Å². The van der Waals surface area contributed by atoms with Gasteiger partial charge in [0.15, 0.2) is 0 Å². The quantitative estimate of drug-likeness (QED) is 0.0512. The number of allylic oxidation sites excluding steroid dienone is 3. The molecule has 0 atom stereocenters. The number of phosphoric acid groups is 1. The van der Waals surface area contributed by atoms with Crippen molar-refractivity contribution in [1.82, 2.24) is 0 Å². The molecule has 89 heavy (non-hydrogen) atoms. The molecule has 9 rings (SSSR count). The molecule has 3 aliphatic rings. The molecular formula is C78H99O10P. The lowest BCUT2D eigenvalue weighted by molar-refractivity contribution is 0.0978. The molecule has 0 saturated heterocycles. The highest BCUT2D eigenvalue weighted by Gasteiger charge is 2.46. The zero-order valence-corrected chi connectivity index (χ0v) is 58.2. The highest BCUT2D eigenvalue weighted by molar-refractivity contribution is 7.48. The van der Waals surface area contributed by atoms with E-state index in [1.54, 1.807) is 42.7 Å². The first kappa shape index (κ1) is 66.9. The normalized spacial score (nSPS) is 18.1. The molecule has 0 bridgehead atoms. The maximum Gasteiger partial charge on any atom is 0.475 e. The van der Waals surface area contributed by atoms with Crippen LogP contribution in [0, 0.1) is 0 Å². The van der Waals surface area contributed by atoms with Gasteiger partial charge in [0.25, 0.3) is 0 Å². The number of ether oxygens (including phenoxy) is 6. The number of hydrogen-bond acceptors (Lipinski definition) is 10. The topological polar surface area (TPSA) is 100 Å². The molecule has 0 heterocycles. The minimum absolute atomic E-state index is 0.00970. The van der Waals surface area contributed by atoms with Gasteiger partial charge in [-0.25, -0.2) is 4.57 Å². The van der Waals surface area contributed by atoms with E-state index in [0.29, 0.717) is 0 Å². The van der Waals surface area contributed by atoms with E-state index in [1.165, 1.54) is 33.4 Å². The zero-order valence-electron chi connectivity index (χ0n) is 57.3. The van der Waals surface area contributed by atoms with Gasteiger partial charge in [0.05, 0.1) is 62.5 Å². The van der Waals surface area contributed by atoms with E-state index in [0.717, 1.165) is 140 Å². The van der Waals surface area contributed by atoms with Crippen LogP contribution in [0.5, 0.6) is 34.5 Å². The summed E-state index contributed by atoms with van der Waals surface area (Å²) in [5, 5.41) is 0. The molecule has 0 N–H and O–H groups in total. The predicted octanol–water partition coefficient (Wildman–Crippen LogP) is 20.5. The summed E-state index contributed by atoms with van der Waals surface area (Å²) < 4.78 is 70.9. The van der Waals surface area contributed by atoms with Crippen LogP contribution < -0.4 is 28.4 Å². The van der Waals surface area contributed by atoms with Gasteiger partial charge in [-0.15, -0.1) is 0 Å². The molecule has 0 unspecified atom stereocenters. The van der Waals surface area contributed by atoms with Crippen LogP contribution >= 0.6 is 7.82 Å². The highest BCUT2D eigenvalue weighted by Crippen LogP contribution is 2.59. The third kappa shape index (κ3) is 13.6. The molecular weight excluding hydrogens is 1130 g/mol. The fourth-order valence-electron chi connectivity index (χ4n) is 14.2. The molecule has 3 aliphatic carbocycles. The van der Waals surface area contributed by atoms with Gasteiger partial charge in [0, 0.05) is 50.1 Å². The lowest BCUT2D eigenvalue weighted by atomic mass is 9.62. The van der Waals surface area contributed by atoms with E-state index in [9.17, 15) is 4.57 Å². The van der Waals surface area contributed by atoms with Gasteiger partial charge in [-0.3, -0.25) is 13.6 Å². The van der Waals surface area contributed by atoms with Gasteiger partial charge in [-0.2, -0.15) is 0 Å². The van der Waals surface area contributed by atoms with Crippen LogP contribution in [0.2, 0.25) is 0 Å². The lowest BCUT2D eigenvalue weighted by Gasteiger charge is -2.43. The Morgan fingerprint density at radius 3 is 0.764 bits per heavy atom. The first-order valence-corrected chi connectivity index (χ1v) is 33.1. The number of hydrogen-bond donors (Lipinski definition) is 0. The van der Waals surface area contributed by atoms with Crippen molar-refractivity contribution in [2.24, 2.45) is 0 Å². The fraction of sp³-hybridized carbons (Fsp3) is 0.462. The monoisotopic (exact) mass is 1230 g/mol. The van der Waals surface area contributed by atoms with Crippen molar-refractivity contribution in [3.8, 4) is 34.5 Å². The standard InChI is InChI=1S/C78H99O10P/c1-49(58-43-61(80-16)64-67(70(58)83-19)76(10,11)37-34-73(64,4)5)40-52-22-28-55(29-23-52)46-86-89(79,87-47-56-30-24-53(25-31-56)41-50(2)59-44-62(81-17)65-68(71(59)84-20)77(12,13)38-35-74(65,6)7)88-48-57-32-26-54(27-33-57)42-51(3)60-45-63(82-18)66-69(72(60)85-21)78(14,15)39-36-75(66,8)9/h22-33,40-45H,34-39,46-48H2,1-21H3/b49-40+,50-41+,51-42+. The van der Waals surface area contributed by atoms with Crippen molar-refractivity contribution in [3.63, 3.8) is 0 Å². The lowest BCUT2D eigenvalue weighted by Crippen LogP contribution is -2.35. The van der Waals surface area contributed by atoms with E-state index in [-0.39, 0.29) is 52.3 Å². The first-order chi connectivity index (χ1) is 41.9. The number of rotatable bonds is 21. The van der Waals surface area contributed by atoms with E-state index in [4.69, 9.17) is 42.0 Å². The van der Waals surface area contributed by atoms with Crippen LogP contribution in [-0.4, -0.2) is 42.7 Å². The van der Waals surface area contributed by atoms with E-state index >= 15 is 0 Å². The van der Waals surface area contributed by atoms with Gasteiger partial charge in [-0.1, -0.05) is 174 Å². The molecule has 0 radical (unpaired) electrons. The van der Waals surface area contributed by atoms with Gasteiger partial charge in [0.1, 0.15) is 34.5 Å². The summed E-state index contributed by atoms with van der Waals surface area (Å²) in [6.45, 7) is 33.9. The van der Waals surface area contributed by atoms with Crippen LogP contribution in [0.1, 0.15) is 226 Å². The van der Waals surface area contributed by atoms with Crippen molar-refractivity contribution in [2.45, 2.75) is 195 Å². The molecule has 11 heteroatoms. The first-order valence-electron chi connectivity index (χ1n) is 31.6.